The van der Waals surface area contributed by atoms with Crippen LogP contribution in [0.15, 0.2) is 17.5 Å². The summed E-state index contributed by atoms with van der Waals surface area (Å²) in [6.07, 6.45) is 0. The van der Waals surface area contributed by atoms with E-state index < -0.39 is 17.4 Å². The topological polar surface area (TPSA) is 92.4 Å². The standard InChI is InChI=1S/C9H12N2O3S/c1-9(14,6-3-2-4-15-6)5-11-8(13)7(10)12/h2-4,14H,5H2,1H3,(H2,10,12)(H,11,13). The molecule has 1 heterocycles. The van der Waals surface area contributed by atoms with Gasteiger partial charge in [0.1, 0.15) is 5.60 Å². The minimum atomic E-state index is -1.18. The van der Waals surface area contributed by atoms with E-state index in [9.17, 15) is 14.7 Å². The lowest BCUT2D eigenvalue weighted by atomic mass is 10.1. The van der Waals surface area contributed by atoms with E-state index in [-0.39, 0.29) is 6.54 Å². The maximum atomic E-state index is 10.9. The van der Waals surface area contributed by atoms with Crippen molar-refractivity contribution in [2.75, 3.05) is 6.54 Å². The second-order valence-electron chi connectivity index (χ2n) is 3.30. The average molecular weight is 228 g/mol. The average Bonchev–Trinajstić information content (AvgIpc) is 2.67. The molecule has 0 bridgehead atoms. The zero-order valence-corrected chi connectivity index (χ0v) is 9.00. The Kier molecular flexibility index (Phi) is 3.43. The minimum Gasteiger partial charge on any atom is -0.383 e. The first-order valence-corrected chi connectivity index (χ1v) is 5.15. The Morgan fingerprint density at radius 2 is 2.33 bits per heavy atom. The number of amides is 2. The summed E-state index contributed by atoms with van der Waals surface area (Å²) in [7, 11) is 0. The SMILES string of the molecule is CC(O)(CNC(=O)C(N)=O)c1cccs1. The molecule has 0 aliphatic carbocycles. The van der Waals surface area contributed by atoms with Crippen molar-refractivity contribution in [3.05, 3.63) is 22.4 Å². The summed E-state index contributed by atoms with van der Waals surface area (Å²) in [5, 5.41) is 14.0. The number of rotatable bonds is 3. The summed E-state index contributed by atoms with van der Waals surface area (Å²) >= 11 is 1.37. The molecule has 1 rings (SSSR count). The first kappa shape index (κ1) is 11.7. The van der Waals surface area contributed by atoms with Crippen LogP contribution in [0.5, 0.6) is 0 Å². The monoisotopic (exact) mass is 228 g/mol. The van der Waals surface area contributed by atoms with Crippen molar-refractivity contribution < 1.29 is 14.7 Å². The number of hydrogen-bond donors (Lipinski definition) is 3. The molecule has 0 aromatic carbocycles. The highest BCUT2D eigenvalue weighted by molar-refractivity contribution is 7.10. The lowest BCUT2D eigenvalue weighted by molar-refractivity contribution is -0.137. The van der Waals surface area contributed by atoms with Gasteiger partial charge in [0.15, 0.2) is 0 Å². The molecule has 2 amide bonds. The predicted molar refractivity (Wildman–Crippen MR) is 56.1 cm³/mol. The Morgan fingerprint density at radius 1 is 1.67 bits per heavy atom. The summed E-state index contributed by atoms with van der Waals surface area (Å²) in [6, 6.07) is 3.55. The third kappa shape index (κ3) is 3.03. The number of carbonyl (C=O) groups is 2. The van der Waals surface area contributed by atoms with Gasteiger partial charge in [-0.2, -0.15) is 0 Å². The van der Waals surface area contributed by atoms with E-state index in [4.69, 9.17) is 5.73 Å². The number of hydrogen-bond acceptors (Lipinski definition) is 4. The van der Waals surface area contributed by atoms with Crippen molar-refractivity contribution >= 4 is 23.2 Å². The molecular weight excluding hydrogens is 216 g/mol. The van der Waals surface area contributed by atoms with Crippen LogP contribution < -0.4 is 11.1 Å². The van der Waals surface area contributed by atoms with Crippen LogP contribution >= 0.6 is 11.3 Å². The lowest BCUT2D eigenvalue weighted by Crippen LogP contribution is -2.43. The molecule has 1 aromatic heterocycles. The van der Waals surface area contributed by atoms with Gasteiger partial charge in [0, 0.05) is 4.88 Å². The number of thiophene rings is 1. The number of aliphatic hydroxyl groups is 1. The van der Waals surface area contributed by atoms with Gasteiger partial charge in [-0.25, -0.2) is 0 Å². The molecule has 82 valence electrons. The highest BCUT2D eigenvalue weighted by atomic mass is 32.1. The van der Waals surface area contributed by atoms with E-state index in [0.717, 1.165) is 0 Å². The normalized spacial score (nSPS) is 14.3. The molecule has 0 saturated carbocycles. The van der Waals surface area contributed by atoms with Crippen molar-refractivity contribution in [3.63, 3.8) is 0 Å². The van der Waals surface area contributed by atoms with Crippen LogP contribution in [-0.2, 0) is 15.2 Å². The lowest BCUT2D eigenvalue weighted by Gasteiger charge is -2.21. The Hall–Kier alpha value is -1.40. The predicted octanol–water partition coefficient (Wildman–Crippen LogP) is -0.443. The fourth-order valence-corrected chi connectivity index (χ4v) is 1.80. The van der Waals surface area contributed by atoms with Gasteiger partial charge in [0.2, 0.25) is 0 Å². The summed E-state index contributed by atoms with van der Waals surface area (Å²) in [6.45, 7) is 1.51. The van der Waals surface area contributed by atoms with Crippen molar-refractivity contribution in [2.24, 2.45) is 5.73 Å². The second-order valence-corrected chi connectivity index (χ2v) is 4.25. The van der Waals surface area contributed by atoms with Gasteiger partial charge in [-0.05, 0) is 18.4 Å². The van der Waals surface area contributed by atoms with Crippen LogP contribution in [0.2, 0.25) is 0 Å². The molecular formula is C9H12N2O3S. The van der Waals surface area contributed by atoms with E-state index in [1.165, 1.54) is 11.3 Å². The van der Waals surface area contributed by atoms with E-state index in [0.29, 0.717) is 4.88 Å². The van der Waals surface area contributed by atoms with E-state index in [2.05, 4.69) is 5.32 Å². The number of carbonyl (C=O) groups excluding carboxylic acids is 2. The van der Waals surface area contributed by atoms with Gasteiger partial charge in [-0.1, -0.05) is 6.07 Å². The van der Waals surface area contributed by atoms with Gasteiger partial charge >= 0.3 is 11.8 Å². The summed E-state index contributed by atoms with van der Waals surface area (Å²) < 4.78 is 0. The van der Waals surface area contributed by atoms with Crippen LogP contribution in [0.3, 0.4) is 0 Å². The first-order chi connectivity index (χ1) is 6.93. The van der Waals surface area contributed by atoms with Crippen molar-refractivity contribution in [2.45, 2.75) is 12.5 Å². The largest absolute Gasteiger partial charge is 0.383 e. The molecule has 15 heavy (non-hydrogen) atoms. The molecule has 0 aliphatic heterocycles. The van der Waals surface area contributed by atoms with Crippen molar-refractivity contribution in [1.29, 1.82) is 0 Å². The van der Waals surface area contributed by atoms with Gasteiger partial charge in [0.25, 0.3) is 0 Å². The minimum absolute atomic E-state index is 0.0463. The van der Waals surface area contributed by atoms with E-state index in [1.54, 1.807) is 19.1 Å². The maximum Gasteiger partial charge on any atom is 0.309 e. The van der Waals surface area contributed by atoms with Crippen LogP contribution in [0.25, 0.3) is 0 Å². The quantitative estimate of drug-likeness (QED) is 0.612. The molecule has 0 radical (unpaired) electrons. The highest BCUT2D eigenvalue weighted by Gasteiger charge is 2.25. The summed E-state index contributed by atoms with van der Waals surface area (Å²) in [5.74, 6) is -1.95. The number of primary amides is 1. The van der Waals surface area contributed by atoms with Crippen LogP contribution in [-0.4, -0.2) is 23.5 Å². The second kappa shape index (κ2) is 4.41. The number of nitrogens with one attached hydrogen (secondary N) is 1. The van der Waals surface area contributed by atoms with Gasteiger partial charge < -0.3 is 16.2 Å². The van der Waals surface area contributed by atoms with Gasteiger partial charge in [-0.15, -0.1) is 11.3 Å². The Morgan fingerprint density at radius 3 is 2.80 bits per heavy atom. The van der Waals surface area contributed by atoms with Gasteiger partial charge in [-0.3, -0.25) is 9.59 Å². The van der Waals surface area contributed by atoms with Gasteiger partial charge in [0.05, 0.1) is 6.54 Å². The molecule has 4 N–H and O–H groups in total. The summed E-state index contributed by atoms with van der Waals surface area (Å²) in [4.78, 5) is 22.0. The third-order valence-electron chi connectivity index (χ3n) is 1.87. The van der Waals surface area contributed by atoms with E-state index in [1.807, 2.05) is 5.38 Å². The molecule has 1 unspecified atom stereocenters. The summed E-state index contributed by atoms with van der Waals surface area (Å²) in [5.41, 5.74) is 3.57. The zero-order chi connectivity index (χ0) is 11.5. The molecule has 0 spiro atoms. The highest BCUT2D eigenvalue weighted by Crippen LogP contribution is 2.24. The molecule has 1 aromatic rings. The molecule has 0 fully saturated rings. The molecule has 5 nitrogen and oxygen atoms in total. The molecule has 1 atom stereocenters. The Balaban J connectivity index is 2.58. The number of nitrogens with two attached hydrogens (primary N) is 1. The Labute approximate surface area is 90.9 Å². The van der Waals surface area contributed by atoms with E-state index >= 15 is 0 Å². The van der Waals surface area contributed by atoms with Crippen molar-refractivity contribution in [3.8, 4) is 0 Å². The van der Waals surface area contributed by atoms with Crippen molar-refractivity contribution in [1.82, 2.24) is 5.32 Å². The maximum absolute atomic E-state index is 10.9. The Bertz CT molecular complexity index is 359. The fourth-order valence-electron chi connectivity index (χ4n) is 1.01. The molecule has 6 heteroatoms. The first-order valence-electron chi connectivity index (χ1n) is 4.27. The third-order valence-corrected chi connectivity index (χ3v) is 2.99. The fraction of sp³-hybridized carbons (Fsp3) is 0.333. The van der Waals surface area contributed by atoms with Crippen LogP contribution in [0.4, 0.5) is 0 Å². The van der Waals surface area contributed by atoms with Crippen LogP contribution in [0, 0.1) is 0 Å². The zero-order valence-electron chi connectivity index (χ0n) is 8.19. The molecule has 0 aliphatic rings. The van der Waals surface area contributed by atoms with Crippen LogP contribution in [0.1, 0.15) is 11.8 Å². The smallest absolute Gasteiger partial charge is 0.309 e. The molecule has 0 saturated heterocycles.